The molecule has 1 aliphatic heterocycles. The smallest absolute Gasteiger partial charge is 0.312 e. The molecule has 0 unspecified atom stereocenters. The summed E-state index contributed by atoms with van der Waals surface area (Å²) >= 11 is 5.67. The highest BCUT2D eigenvalue weighted by atomic mass is 35.5. The molecule has 1 heterocycles. The second-order valence-corrected chi connectivity index (χ2v) is 7.49. The molecule has 1 aromatic rings. The normalized spacial score (nSPS) is 19.6. The molecule has 120 valence electrons. The fourth-order valence-electron chi connectivity index (χ4n) is 2.08. The molecular weight excluding hydrogens is 336 g/mol. The summed E-state index contributed by atoms with van der Waals surface area (Å²) in [5, 5.41) is 13.6. The van der Waals surface area contributed by atoms with Crippen LogP contribution in [0.4, 0.5) is 5.69 Å². The molecule has 1 saturated heterocycles. The monoisotopic (exact) mass is 348 g/mol. The van der Waals surface area contributed by atoms with Gasteiger partial charge < -0.3 is 10.1 Å². The number of sulfone groups is 1. The van der Waals surface area contributed by atoms with Gasteiger partial charge in [-0.05, 0) is 18.6 Å². The average molecular weight is 349 g/mol. The van der Waals surface area contributed by atoms with Gasteiger partial charge in [-0.3, -0.25) is 14.9 Å². The van der Waals surface area contributed by atoms with Crippen LogP contribution in [0.3, 0.4) is 0 Å². The van der Waals surface area contributed by atoms with E-state index in [4.69, 9.17) is 16.3 Å². The number of ether oxygens (including phenoxy) is 1. The number of carbonyl (C=O) groups is 1. The van der Waals surface area contributed by atoms with Crippen molar-refractivity contribution < 1.29 is 22.9 Å². The Morgan fingerprint density at radius 3 is 2.82 bits per heavy atom. The van der Waals surface area contributed by atoms with Crippen molar-refractivity contribution in [2.75, 3.05) is 18.1 Å². The standard InChI is InChI=1S/C12H13ClN2O6S/c13-8-1-2-11(10(5-8)15(17)18)21-6-12(16)14-9-3-4-22(19,20)7-9/h1-2,5,9H,3-4,6-7H2,(H,14,16)/t9-/m0/s1. The first-order chi connectivity index (χ1) is 10.3. The number of nitro groups is 1. The summed E-state index contributed by atoms with van der Waals surface area (Å²) in [6.45, 7) is -0.445. The van der Waals surface area contributed by atoms with Crippen LogP contribution in [0.2, 0.25) is 5.02 Å². The van der Waals surface area contributed by atoms with Crippen molar-refractivity contribution in [1.29, 1.82) is 0 Å². The Kier molecular flexibility index (Phi) is 4.87. The number of hydrogen-bond acceptors (Lipinski definition) is 6. The highest BCUT2D eigenvalue weighted by Gasteiger charge is 2.29. The van der Waals surface area contributed by atoms with Gasteiger partial charge in [0.05, 0.1) is 16.4 Å². The predicted molar refractivity (Wildman–Crippen MR) is 78.8 cm³/mol. The summed E-state index contributed by atoms with van der Waals surface area (Å²) in [5.74, 6) is -0.670. The molecule has 0 aromatic heterocycles. The van der Waals surface area contributed by atoms with Crippen LogP contribution in [-0.4, -0.2) is 43.4 Å². The third kappa shape index (κ3) is 4.31. The number of halogens is 1. The maximum absolute atomic E-state index is 11.7. The number of nitrogens with one attached hydrogen (secondary N) is 1. The minimum absolute atomic E-state index is 0.0431. The van der Waals surface area contributed by atoms with Crippen molar-refractivity contribution >= 4 is 33.0 Å². The summed E-state index contributed by atoms with van der Waals surface area (Å²) in [6, 6.07) is 3.39. The number of amides is 1. The van der Waals surface area contributed by atoms with Crippen LogP contribution < -0.4 is 10.1 Å². The van der Waals surface area contributed by atoms with Crippen LogP contribution >= 0.6 is 11.6 Å². The van der Waals surface area contributed by atoms with Crippen LogP contribution in [0.15, 0.2) is 18.2 Å². The van der Waals surface area contributed by atoms with E-state index in [1.54, 1.807) is 0 Å². The van der Waals surface area contributed by atoms with Gasteiger partial charge in [-0.2, -0.15) is 0 Å². The fraction of sp³-hybridized carbons (Fsp3) is 0.417. The average Bonchev–Trinajstić information content (AvgIpc) is 2.76. The largest absolute Gasteiger partial charge is 0.477 e. The predicted octanol–water partition coefficient (Wildman–Crippen LogP) is 0.930. The summed E-state index contributed by atoms with van der Waals surface area (Å²) in [4.78, 5) is 21.9. The van der Waals surface area contributed by atoms with E-state index in [-0.39, 0.29) is 28.0 Å². The van der Waals surface area contributed by atoms with E-state index in [1.807, 2.05) is 0 Å². The summed E-state index contributed by atoms with van der Waals surface area (Å²) in [5.41, 5.74) is -0.344. The van der Waals surface area contributed by atoms with Crippen molar-refractivity contribution in [3.63, 3.8) is 0 Å². The van der Waals surface area contributed by atoms with E-state index in [0.717, 1.165) is 6.07 Å². The molecule has 0 radical (unpaired) electrons. The van der Waals surface area contributed by atoms with Gasteiger partial charge in [-0.15, -0.1) is 0 Å². The van der Waals surface area contributed by atoms with Crippen LogP contribution in [0.25, 0.3) is 0 Å². The van der Waals surface area contributed by atoms with E-state index in [9.17, 15) is 23.3 Å². The SMILES string of the molecule is O=C(COc1ccc(Cl)cc1[N+](=O)[O-])N[C@H]1CCS(=O)(=O)C1. The Bertz CT molecular complexity index is 706. The molecule has 0 aliphatic carbocycles. The maximum Gasteiger partial charge on any atom is 0.312 e. The lowest BCUT2D eigenvalue weighted by Gasteiger charge is -2.11. The van der Waals surface area contributed by atoms with E-state index in [1.165, 1.54) is 12.1 Å². The van der Waals surface area contributed by atoms with Crippen LogP contribution in [0.1, 0.15) is 6.42 Å². The molecule has 1 fully saturated rings. The molecule has 0 bridgehead atoms. The summed E-state index contributed by atoms with van der Waals surface area (Å²) in [7, 11) is -3.09. The van der Waals surface area contributed by atoms with Crippen molar-refractivity contribution in [3.8, 4) is 5.75 Å². The number of carbonyl (C=O) groups excluding carboxylic acids is 1. The second kappa shape index (κ2) is 6.49. The molecule has 8 nitrogen and oxygen atoms in total. The van der Waals surface area contributed by atoms with Crippen LogP contribution in [0, 0.1) is 10.1 Å². The zero-order chi connectivity index (χ0) is 16.3. The molecule has 10 heteroatoms. The van der Waals surface area contributed by atoms with Crippen LogP contribution in [0.5, 0.6) is 5.75 Å². The van der Waals surface area contributed by atoms with Crippen molar-refractivity contribution in [1.82, 2.24) is 5.32 Å². The lowest BCUT2D eigenvalue weighted by atomic mass is 10.2. The highest BCUT2D eigenvalue weighted by molar-refractivity contribution is 7.91. The van der Waals surface area contributed by atoms with Gasteiger partial charge in [0.2, 0.25) is 0 Å². The summed E-state index contributed by atoms with van der Waals surface area (Å²) < 4.78 is 27.7. The van der Waals surface area contributed by atoms with Gasteiger partial charge >= 0.3 is 5.69 Å². The van der Waals surface area contributed by atoms with E-state index < -0.39 is 33.3 Å². The molecule has 1 N–H and O–H groups in total. The number of rotatable bonds is 5. The van der Waals surface area contributed by atoms with Gasteiger partial charge in [0.25, 0.3) is 5.91 Å². The van der Waals surface area contributed by atoms with Crippen molar-refractivity contribution in [2.45, 2.75) is 12.5 Å². The van der Waals surface area contributed by atoms with E-state index in [0.29, 0.717) is 6.42 Å². The molecule has 1 atom stereocenters. The van der Waals surface area contributed by atoms with E-state index >= 15 is 0 Å². The lowest BCUT2D eigenvalue weighted by molar-refractivity contribution is -0.385. The molecule has 1 amide bonds. The molecule has 1 aromatic carbocycles. The molecule has 2 rings (SSSR count). The first-order valence-corrected chi connectivity index (χ1v) is 8.53. The number of nitrogens with zero attached hydrogens (tertiary/aromatic N) is 1. The quantitative estimate of drug-likeness (QED) is 0.625. The molecule has 1 aliphatic rings. The Morgan fingerprint density at radius 1 is 1.50 bits per heavy atom. The third-order valence-electron chi connectivity index (χ3n) is 3.07. The van der Waals surface area contributed by atoms with Gasteiger partial charge in [0.1, 0.15) is 0 Å². The second-order valence-electron chi connectivity index (χ2n) is 4.83. The first-order valence-electron chi connectivity index (χ1n) is 6.33. The molecule has 22 heavy (non-hydrogen) atoms. The Morgan fingerprint density at radius 2 is 2.23 bits per heavy atom. The van der Waals surface area contributed by atoms with Crippen LogP contribution in [-0.2, 0) is 14.6 Å². The van der Waals surface area contributed by atoms with Crippen molar-refractivity contribution in [3.05, 3.63) is 33.3 Å². The summed E-state index contributed by atoms with van der Waals surface area (Å²) in [6.07, 6.45) is 0.356. The topological polar surface area (TPSA) is 116 Å². The molecular formula is C12H13ClN2O6S. The number of nitro benzene ring substituents is 1. The first kappa shape index (κ1) is 16.5. The minimum atomic E-state index is -3.09. The molecule has 0 spiro atoms. The lowest BCUT2D eigenvalue weighted by Crippen LogP contribution is -2.38. The van der Waals surface area contributed by atoms with Crippen molar-refractivity contribution in [2.24, 2.45) is 0 Å². The Balaban J connectivity index is 1.93. The third-order valence-corrected chi connectivity index (χ3v) is 5.08. The zero-order valence-corrected chi connectivity index (χ0v) is 12.9. The Labute approximate surface area is 131 Å². The minimum Gasteiger partial charge on any atom is -0.477 e. The zero-order valence-electron chi connectivity index (χ0n) is 11.3. The number of benzene rings is 1. The van der Waals surface area contributed by atoms with Gasteiger partial charge in [0, 0.05) is 17.1 Å². The maximum atomic E-state index is 11.7. The van der Waals surface area contributed by atoms with Gasteiger partial charge in [-0.1, -0.05) is 11.6 Å². The number of hydrogen-bond donors (Lipinski definition) is 1. The fourth-order valence-corrected chi connectivity index (χ4v) is 3.92. The Hall–Kier alpha value is -1.87. The van der Waals surface area contributed by atoms with Gasteiger partial charge in [-0.25, -0.2) is 8.42 Å². The van der Waals surface area contributed by atoms with Gasteiger partial charge in [0.15, 0.2) is 22.2 Å². The molecule has 0 saturated carbocycles. The van der Waals surface area contributed by atoms with E-state index in [2.05, 4.69) is 5.32 Å². The highest BCUT2D eigenvalue weighted by Crippen LogP contribution is 2.29.